The molecule has 1 aliphatic rings. The number of aliphatic imine (C=N–C) groups is 1. The zero-order valence-corrected chi connectivity index (χ0v) is 19.2. The number of ether oxygens (including phenoxy) is 1. The molecule has 2 atom stereocenters. The minimum atomic E-state index is 0.139. The van der Waals surface area contributed by atoms with E-state index < -0.39 is 0 Å². The lowest BCUT2D eigenvalue weighted by Gasteiger charge is -2.32. The van der Waals surface area contributed by atoms with E-state index in [2.05, 4.69) is 89.8 Å². The lowest BCUT2D eigenvalue weighted by Crippen LogP contribution is -2.41. The van der Waals surface area contributed by atoms with Crippen LogP contribution in [0.5, 0.6) is 0 Å². The number of anilines is 1. The van der Waals surface area contributed by atoms with E-state index in [1.807, 2.05) is 12.3 Å². The zero-order valence-electron chi connectivity index (χ0n) is 19.2. The molecule has 2 N–H and O–H groups in total. The number of aromatic nitrogens is 1. The molecular weight excluding hydrogens is 398 g/mol. The highest BCUT2D eigenvalue weighted by atomic mass is 16.5. The van der Waals surface area contributed by atoms with Gasteiger partial charge in [0.2, 0.25) is 0 Å². The number of guanidine groups is 1. The maximum atomic E-state index is 5.65. The number of nitrogens with zero attached hydrogens (tertiary/aromatic N) is 3. The van der Waals surface area contributed by atoms with Gasteiger partial charge < -0.3 is 20.3 Å². The van der Waals surface area contributed by atoms with E-state index in [4.69, 9.17) is 9.73 Å². The number of pyridine rings is 1. The van der Waals surface area contributed by atoms with Crippen LogP contribution >= 0.6 is 0 Å². The maximum Gasteiger partial charge on any atom is 0.192 e. The van der Waals surface area contributed by atoms with Crippen LogP contribution < -0.4 is 15.5 Å². The van der Waals surface area contributed by atoms with Crippen LogP contribution in [0.3, 0.4) is 0 Å². The number of benzene rings is 2. The molecule has 4 rings (SSSR count). The van der Waals surface area contributed by atoms with Crippen molar-refractivity contribution >= 4 is 22.5 Å². The Labute approximate surface area is 190 Å². The Morgan fingerprint density at radius 1 is 1.19 bits per heavy atom. The number of hydrogen-bond donors (Lipinski definition) is 2. The summed E-state index contributed by atoms with van der Waals surface area (Å²) in [5, 5.41) is 9.43. The molecule has 1 fully saturated rings. The predicted octanol–water partition coefficient (Wildman–Crippen LogP) is 4.28. The van der Waals surface area contributed by atoms with Gasteiger partial charge in [-0.15, -0.1) is 0 Å². The third kappa shape index (κ3) is 5.56. The van der Waals surface area contributed by atoms with E-state index in [0.717, 1.165) is 43.6 Å². The molecule has 6 nitrogen and oxygen atoms in total. The fourth-order valence-electron chi connectivity index (χ4n) is 4.01. The van der Waals surface area contributed by atoms with E-state index in [1.54, 1.807) is 0 Å². The predicted molar refractivity (Wildman–Crippen MR) is 132 cm³/mol. The zero-order chi connectivity index (χ0) is 22.3. The second kappa shape index (κ2) is 10.5. The fourth-order valence-corrected chi connectivity index (χ4v) is 4.01. The molecule has 32 heavy (non-hydrogen) atoms. The quantitative estimate of drug-likeness (QED) is 0.451. The van der Waals surface area contributed by atoms with Crippen LogP contribution in [0.15, 0.2) is 65.8 Å². The molecule has 1 aromatic heterocycles. The third-order valence-electron chi connectivity index (χ3n) is 5.77. The monoisotopic (exact) mass is 431 g/mol. The second-order valence-electron chi connectivity index (χ2n) is 8.32. The SMILES string of the molecule is CCNC(=NCc1ccnc(N2CCOC(C)C2)c1)NC(C)c1ccc2ccccc2c1. The van der Waals surface area contributed by atoms with Crippen LogP contribution in [-0.2, 0) is 11.3 Å². The number of rotatable bonds is 6. The number of hydrogen-bond acceptors (Lipinski definition) is 4. The Hall–Kier alpha value is -3.12. The number of morpholine rings is 1. The highest BCUT2D eigenvalue weighted by Crippen LogP contribution is 2.20. The summed E-state index contributed by atoms with van der Waals surface area (Å²) in [6.07, 6.45) is 2.10. The first-order chi connectivity index (χ1) is 15.6. The molecule has 2 aromatic carbocycles. The summed E-state index contributed by atoms with van der Waals surface area (Å²) in [5.41, 5.74) is 2.38. The Kier molecular flexibility index (Phi) is 7.22. The van der Waals surface area contributed by atoms with Crippen molar-refractivity contribution in [2.75, 3.05) is 31.1 Å². The van der Waals surface area contributed by atoms with Gasteiger partial charge in [0, 0.05) is 25.8 Å². The Balaban J connectivity index is 1.45. The van der Waals surface area contributed by atoms with Gasteiger partial charge >= 0.3 is 0 Å². The van der Waals surface area contributed by atoms with Gasteiger partial charge in [0.25, 0.3) is 0 Å². The average Bonchev–Trinajstić information content (AvgIpc) is 2.82. The van der Waals surface area contributed by atoms with Gasteiger partial charge in [-0.2, -0.15) is 0 Å². The van der Waals surface area contributed by atoms with Gasteiger partial charge in [0.1, 0.15) is 5.82 Å². The third-order valence-corrected chi connectivity index (χ3v) is 5.77. The highest BCUT2D eigenvalue weighted by molar-refractivity contribution is 5.84. The fraction of sp³-hybridized carbons (Fsp3) is 0.385. The molecule has 0 bridgehead atoms. The molecule has 0 radical (unpaired) electrons. The highest BCUT2D eigenvalue weighted by Gasteiger charge is 2.18. The molecule has 0 amide bonds. The van der Waals surface area contributed by atoms with Crippen molar-refractivity contribution in [2.45, 2.75) is 39.5 Å². The average molecular weight is 432 g/mol. The Morgan fingerprint density at radius 3 is 2.84 bits per heavy atom. The molecule has 1 aliphatic heterocycles. The summed E-state index contributed by atoms with van der Waals surface area (Å²) in [5.74, 6) is 1.81. The van der Waals surface area contributed by atoms with Crippen LogP contribution in [-0.4, -0.2) is 43.3 Å². The van der Waals surface area contributed by atoms with Gasteiger partial charge in [0.15, 0.2) is 5.96 Å². The molecule has 2 heterocycles. The first-order valence-electron chi connectivity index (χ1n) is 11.5. The van der Waals surface area contributed by atoms with Crippen LogP contribution in [0.25, 0.3) is 10.8 Å². The summed E-state index contributed by atoms with van der Waals surface area (Å²) < 4.78 is 5.65. The molecule has 1 saturated heterocycles. The summed E-state index contributed by atoms with van der Waals surface area (Å²) in [6, 6.07) is 19.4. The normalized spacial score (nSPS) is 17.9. The van der Waals surface area contributed by atoms with Crippen molar-refractivity contribution in [1.82, 2.24) is 15.6 Å². The Morgan fingerprint density at radius 2 is 2.03 bits per heavy atom. The molecule has 0 saturated carbocycles. The smallest absolute Gasteiger partial charge is 0.192 e. The summed E-state index contributed by atoms with van der Waals surface area (Å²) in [4.78, 5) is 11.7. The molecule has 3 aromatic rings. The van der Waals surface area contributed by atoms with Crippen LogP contribution in [0.4, 0.5) is 5.82 Å². The van der Waals surface area contributed by atoms with Gasteiger partial charge in [-0.05, 0) is 60.9 Å². The number of nitrogens with one attached hydrogen (secondary N) is 2. The standard InChI is InChI=1S/C26H33N5O/c1-4-27-26(30-20(3)23-10-9-22-7-5-6-8-24(22)16-23)29-17-21-11-12-28-25(15-21)31-13-14-32-19(2)18-31/h5-12,15-16,19-20H,4,13-14,17-18H2,1-3H3,(H2,27,29,30). The van der Waals surface area contributed by atoms with Crippen molar-refractivity contribution in [3.63, 3.8) is 0 Å². The lowest BCUT2D eigenvalue weighted by molar-refractivity contribution is 0.0529. The van der Waals surface area contributed by atoms with Crippen LogP contribution in [0.2, 0.25) is 0 Å². The Bertz CT molecular complexity index is 1070. The number of fused-ring (bicyclic) bond motifs is 1. The van der Waals surface area contributed by atoms with E-state index >= 15 is 0 Å². The largest absolute Gasteiger partial charge is 0.375 e. The summed E-state index contributed by atoms with van der Waals surface area (Å²) in [7, 11) is 0. The van der Waals surface area contributed by atoms with Gasteiger partial charge in [-0.25, -0.2) is 9.98 Å². The lowest BCUT2D eigenvalue weighted by atomic mass is 10.0. The van der Waals surface area contributed by atoms with Crippen molar-refractivity contribution < 1.29 is 4.74 Å². The minimum absolute atomic E-state index is 0.139. The van der Waals surface area contributed by atoms with Gasteiger partial charge in [-0.3, -0.25) is 0 Å². The molecule has 6 heteroatoms. The van der Waals surface area contributed by atoms with Crippen LogP contribution in [0.1, 0.15) is 37.9 Å². The molecule has 0 aliphatic carbocycles. The molecular formula is C26H33N5O. The van der Waals surface area contributed by atoms with E-state index in [0.29, 0.717) is 6.54 Å². The first kappa shape index (κ1) is 22.1. The van der Waals surface area contributed by atoms with Gasteiger partial charge in [0.05, 0.1) is 25.3 Å². The second-order valence-corrected chi connectivity index (χ2v) is 8.32. The van der Waals surface area contributed by atoms with Crippen LogP contribution in [0, 0.1) is 0 Å². The topological polar surface area (TPSA) is 61.8 Å². The van der Waals surface area contributed by atoms with Crippen molar-refractivity contribution in [3.05, 3.63) is 71.9 Å². The minimum Gasteiger partial charge on any atom is -0.375 e. The van der Waals surface area contributed by atoms with Crippen molar-refractivity contribution in [2.24, 2.45) is 4.99 Å². The summed E-state index contributed by atoms with van der Waals surface area (Å²) in [6.45, 7) is 10.2. The van der Waals surface area contributed by atoms with E-state index in [-0.39, 0.29) is 12.1 Å². The molecule has 168 valence electrons. The van der Waals surface area contributed by atoms with Gasteiger partial charge in [-0.1, -0.05) is 36.4 Å². The maximum absolute atomic E-state index is 5.65. The first-order valence-corrected chi connectivity index (χ1v) is 11.5. The summed E-state index contributed by atoms with van der Waals surface area (Å²) >= 11 is 0. The van der Waals surface area contributed by atoms with Crippen molar-refractivity contribution in [3.8, 4) is 0 Å². The van der Waals surface area contributed by atoms with E-state index in [9.17, 15) is 0 Å². The van der Waals surface area contributed by atoms with E-state index in [1.165, 1.54) is 16.3 Å². The molecule has 0 spiro atoms. The molecule has 2 unspecified atom stereocenters. The van der Waals surface area contributed by atoms with Crippen molar-refractivity contribution in [1.29, 1.82) is 0 Å².